The molecule has 0 bridgehead atoms. The lowest BCUT2D eigenvalue weighted by Gasteiger charge is -2.11. The van der Waals surface area contributed by atoms with Gasteiger partial charge in [-0.25, -0.2) is 0 Å². The van der Waals surface area contributed by atoms with E-state index in [-0.39, 0.29) is 0 Å². The molecule has 0 fully saturated rings. The van der Waals surface area contributed by atoms with Gasteiger partial charge in [0.25, 0.3) is 0 Å². The van der Waals surface area contributed by atoms with Gasteiger partial charge in [0.2, 0.25) is 0 Å². The first-order valence-electron chi connectivity index (χ1n) is 7.27. The molecule has 0 amide bonds. The van der Waals surface area contributed by atoms with E-state index in [0.717, 1.165) is 35.6 Å². The SMILES string of the molecule is COc1ccc(OC)c(CCNCc2cc(Cl)cc(C#N)c2)c1. The highest BCUT2D eigenvalue weighted by Crippen LogP contribution is 2.24. The molecule has 2 aromatic carbocycles. The largest absolute Gasteiger partial charge is 0.497 e. The van der Waals surface area contributed by atoms with E-state index in [4.69, 9.17) is 26.3 Å². The average Bonchev–Trinajstić information content (AvgIpc) is 2.58. The fourth-order valence-electron chi connectivity index (χ4n) is 2.35. The van der Waals surface area contributed by atoms with E-state index in [1.54, 1.807) is 20.3 Å². The first-order chi connectivity index (χ1) is 11.2. The quantitative estimate of drug-likeness (QED) is 0.789. The highest BCUT2D eigenvalue weighted by Gasteiger charge is 2.05. The predicted octanol–water partition coefficient (Wildman–Crippen LogP) is 3.56. The number of nitrogens with one attached hydrogen (secondary N) is 1. The average molecular weight is 331 g/mol. The van der Waals surface area contributed by atoms with Crippen LogP contribution in [0.4, 0.5) is 0 Å². The van der Waals surface area contributed by atoms with Gasteiger partial charge in [-0.1, -0.05) is 11.6 Å². The van der Waals surface area contributed by atoms with E-state index in [1.165, 1.54) is 0 Å². The van der Waals surface area contributed by atoms with E-state index in [1.807, 2.05) is 30.3 Å². The normalized spacial score (nSPS) is 10.2. The summed E-state index contributed by atoms with van der Waals surface area (Å²) in [5.74, 6) is 1.66. The summed E-state index contributed by atoms with van der Waals surface area (Å²) in [6.07, 6.45) is 0.812. The Bertz CT molecular complexity index is 711. The lowest BCUT2D eigenvalue weighted by atomic mass is 10.1. The molecule has 0 aliphatic heterocycles. The lowest BCUT2D eigenvalue weighted by Crippen LogP contribution is -2.17. The van der Waals surface area contributed by atoms with Gasteiger partial charge in [0.05, 0.1) is 25.9 Å². The summed E-state index contributed by atoms with van der Waals surface area (Å²) in [7, 11) is 3.31. The van der Waals surface area contributed by atoms with Crippen LogP contribution in [-0.2, 0) is 13.0 Å². The van der Waals surface area contributed by atoms with Crippen molar-refractivity contribution in [2.45, 2.75) is 13.0 Å². The number of nitriles is 1. The van der Waals surface area contributed by atoms with E-state index in [2.05, 4.69) is 11.4 Å². The number of benzene rings is 2. The zero-order valence-corrected chi connectivity index (χ0v) is 14.0. The Morgan fingerprint density at radius 1 is 1.13 bits per heavy atom. The number of ether oxygens (including phenoxy) is 2. The van der Waals surface area contributed by atoms with Gasteiger partial charge >= 0.3 is 0 Å². The van der Waals surface area contributed by atoms with Crippen molar-refractivity contribution < 1.29 is 9.47 Å². The van der Waals surface area contributed by atoms with Crippen molar-refractivity contribution in [3.8, 4) is 17.6 Å². The van der Waals surface area contributed by atoms with Crippen molar-refractivity contribution in [3.63, 3.8) is 0 Å². The van der Waals surface area contributed by atoms with Gasteiger partial charge in [-0.15, -0.1) is 0 Å². The molecule has 1 N–H and O–H groups in total. The van der Waals surface area contributed by atoms with Crippen LogP contribution in [0, 0.1) is 11.3 Å². The van der Waals surface area contributed by atoms with Crippen molar-refractivity contribution >= 4 is 11.6 Å². The highest BCUT2D eigenvalue weighted by molar-refractivity contribution is 6.30. The van der Waals surface area contributed by atoms with Crippen molar-refractivity contribution in [1.29, 1.82) is 5.26 Å². The maximum atomic E-state index is 8.96. The zero-order valence-electron chi connectivity index (χ0n) is 13.2. The number of hydrogen-bond acceptors (Lipinski definition) is 4. The number of methoxy groups -OCH3 is 2. The van der Waals surface area contributed by atoms with Gasteiger partial charge in [-0.05, 0) is 60.5 Å². The molecular weight excluding hydrogens is 312 g/mol. The summed E-state index contributed by atoms with van der Waals surface area (Å²) in [6, 6.07) is 13.2. The smallest absolute Gasteiger partial charge is 0.122 e. The molecule has 0 saturated carbocycles. The van der Waals surface area contributed by atoms with Crippen LogP contribution < -0.4 is 14.8 Å². The summed E-state index contributed by atoms with van der Waals surface area (Å²) < 4.78 is 10.6. The van der Waals surface area contributed by atoms with Crippen molar-refractivity contribution in [2.24, 2.45) is 0 Å². The van der Waals surface area contributed by atoms with Crippen molar-refractivity contribution in [2.75, 3.05) is 20.8 Å². The molecule has 0 aromatic heterocycles. The van der Waals surface area contributed by atoms with E-state index in [0.29, 0.717) is 17.1 Å². The summed E-state index contributed by atoms with van der Waals surface area (Å²) in [6.45, 7) is 1.43. The van der Waals surface area contributed by atoms with Crippen LogP contribution in [0.25, 0.3) is 0 Å². The first-order valence-corrected chi connectivity index (χ1v) is 7.65. The van der Waals surface area contributed by atoms with Crippen LogP contribution in [0.1, 0.15) is 16.7 Å². The van der Waals surface area contributed by atoms with Gasteiger partial charge in [0.15, 0.2) is 0 Å². The highest BCUT2D eigenvalue weighted by atomic mass is 35.5. The van der Waals surface area contributed by atoms with E-state index < -0.39 is 0 Å². The molecule has 0 radical (unpaired) electrons. The molecule has 0 atom stereocenters. The second-order valence-corrected chi connectivity index (χ2v) is 5.50. The maximum absolute atomic E-state index is 8.96. The van der Waals surface area contributed by atoms with E-state index in [9.17, 15) is 0 Å². The molecule has 0 unspecified atom stereocenters. The number of nitrogens with zero attached hydrogens (tertiary/aromatic N) is 1. The zero-order chi connectivity index (χ0) is 16.7. The van der Waals surface area contributed by atoms with Crippen molar-refractivity contribution in [1.82, 2.24) is 5.32 Å². The van der Waals surface area contributed by atoms with Gasteiger partial charge in [-0.2, -0.15) is 5.26 Å². The Hall–Kier alpha value is -2.22. The number of hydrogen-bond donors (Lipinski definition) is 1. The minimum Gasteiger partial charge on any atom is -0.497 e. The lowest BCUT2D eigenvalue weighted by molar-refractivity contribution is 0.398. The van der Waals surface area contributed by atoms with Gasteiger partial charge in [0.1, 0.15) is 11.5 Å². The minimum absolute atomic E-state index is 0.573. The molecule has 2 rings (SSSR count). The van der Waals surface area contributed by atoms with E-state index >= 15 is 0 Å². The molecule has 4 nitrogen and oxygen atoms in total. The van der Waals surface area contributed by atoms with Gasteiger partial charge in [0, 0.05) is 11.6 Å². The first kappa shape index (κ1) is 17.1. The standard InChI is InChI=1S/C18H19ClN2O2/c1-22-17-3-4-18(23-2)15(10-17)5-6-21-12-14-7-13(11-20)8-16(19)9-14/h3-4,7-10,21H,5-6,12H2,1-2H3. The topological polar surface area (TPSA) is 54.3 Å². The second-order valence-electron chi connectivity index (χ2n) is 5.06. The fourth-order valence-corrected chi connectivity index (χ4v) is 2.61. The molecule has 0 aliphatic carbocycles. The molecule has 23 heavy (non-hydrogen) atoms. The Labute approximate surface area is 141 Å². The predicted molar refractivity (Wildman–Crippen MR) is 91.1 cm³/mol. The Balaban J connectivity index is 1.93. The molecule has 0 aliphatic rings. The van der Waals surface area contributed by atoms with Crippen LogP contribution >= 0.6 is 11.6 Å². The molecule has 0 heterocycles. The third-order valence-corrected chi connectivity index (χ3v) is 3.69. The Morgan fingerprint density at radius 3 is 2.65 bits per heavy atom. The summed E-state index contributed by atoms with van der Waals surface area (Å²) in [5.41, 5.74) is 2.65. The summed E-state index contributed by atoms with van der Waals surface area (Å²) in [5, 5.41) is 12.9. The van der Waals surface area contributed by atoms with Crippen molar-refractivity contribution in [3.05, 3.63) is 58.1 Å². The monoisotopic (exact) mass is 330 g/mol. The van der Waals surface area contributed by atoms with Gasteiger partial charge in [-0.3, -0.25) is 0 Å². The fraction of sp³-hybridized carbons (Fsp3) is 0.278. The second kappa shape index (κ2) is 8.42. The molecular formula is C18H19ClN2O2. The summed E-state index contributed by atoms with van der Waals surface area (Å²) in [4.78, 5) is 0. The van der Waals surface area contributed by atoms with Crippen LogP contribution in [-0.4, -0.2) is 20.8 Å². The molecule has 120 valence electrons. The van der Waals surface area contributed by atoms with Crippen LogP contribution in [0.2, 0.25) is 5.02 Å². The molecule has 5 heteroatoms. The minimum atomic E-state index is 0.573. The molecule has 0 saturated heterocycles. The Kier molecular flexibility index (Phi) is 6.28. The molecule has 0 spiro atoms. The van der Waals surface area contributed by atoms with Gasteiger partial charge < -0.3 is 14.8 Å². The van der Waals surface area contributed by atoms with Crippen LogP contribution in [0.3, 0.4) is 0 Å². The third-order valence-electron chi connectivity index (χ3n) is 3.47. The third kappa shape index (κ3) is 4.88. The molecule has 2 aromatic rings. The van der Waals surface area contributed by atoms with Crippen LogP contribution in [0.5, 0.6) is 11.5 Å². The maximum Gasteiger partial charge on any atom is 0.122 e. The number of halogens is 1. The van der Waals surface area contributed by atoms with Crippen LogP contribution in [0.15, 0.2) is 36.4 Å². The number of rotatable bonds is 7. The Morgan fingerprint density at radius 2 is 1.96 bits per heavy atom. The summed E-state index contributed by atoms with van der Waals surface area (Å²) >= 11 is 6.00.